The van der Waals surface area contributed by atoms with Crippen LogP contribution in [0.2, 0.25) is 0 Å². The molecule has 0 atom stereocenters. The molecule has 0 aliphatic heterocycles. The number of carbonyl (C=O) groups excluding carboxylic acids is 2. The van der Waals surface area contributed by atoms with Crippen molar-refractivity contribution in [2.24, 2.45) is 0 Å². The van der Waals surface area contributed by atoms with Crippen LogP contribution in [0.1, 0.15) is 21.6 Å². The molecule has 0 radical (unpaired) electrons. The molecule has 0 spiro atoms. The molecule has 0 fully saturated rings. The van der Waals surface area contributed by atoms with Gasteiger partial charge in [0.2, 0.25) is 0 Å². The van der Waals surface area contributed by atoms with Crippen LogP contribution in [0.3, 0.4) is 0 Å². The molecule has 154 valence electrons. The first-order valence-electron chi connectivity index (χ1n) is 10.0. The number of aromatic nitrogens is 1. The van der Waals surface area contributed by atoms with Crippen molar-refractivity contribution in [3.05, 3.63) is 108 Å². The van der Waals surface area contributed by atoms with Crippen molar-refractivity contribution < 1.29 is 14.3 Å². The lowest BCUT2D eigenvalue weighted by Crippen LogP contribution is -2.34. The number of ether oxygens (including phenoxy) is 1. The lowest BCUT2D eigenvalue weighted by molar-refractivity contribution is -0.121. The molecular formula is C26H22N2O3. The number of pyridine rings is 1. The van der Waals surface area contributed by atoms with Gasteiger partial charge in [0, 0.05) is 11.1 Å². The summed E-state index contributed by atoms with van der Waals surface area (Å²) in [6.07, 6.45) is 0. The van der Waals surface area contributed by atoms with Crippen LogP contribution in [0.5, 0.6) is 0 Å². The fourth-order valence-electron chi connectivity index (χ4n) is 3.34. The maximum absolute atomic E-state index is 13.0. The fraction of sp³-hybridized carbons (Fsp3) is 0.115. The normalized spacial score (nSPS) is 10.6. The van der Waals surface area contributed by atoms with Crippen LogP contribution in [-0.4, -0.2) is 23.5 Å². The molecule has 1 amide bonds. The number of amides is 1. The predicted octanol–water partition coefficient (Wildman–Crippen LogP) is 4.93. The summed E-state index contributed by atoms with van der Waals surface area (Å²) in [7, 11) is 0. The van der Waals surface area contributed by atoms with Crippen molar-refractivity contribution >= 4 is 28.5 Å². The standard InChI is InChI=1S/C26H22N2O3/c1-19-8-7-12-22(16-19)28(17-20-9-3-2-4-10-20)25(29)18-31-26(30)24-15-14-21-11-5-6-13-23(21)27-24/h2-16H,17-18H2,1H3. The first kappa shape index (κ1) is 20.3. The fourth-order valence-corrected chi connectivity index (χ4v) is 3.34. The summed E-state index contributed by atoms with van der Waals surface area (Å²) in [5.74, 6) is -0.924. The summed E-state index contributed by atoms with van der Waals surface area (Å²) < 4.78 is 5.32. The Morgan fingerprint density at radius 2 is 1.65 bits per heavy atom. The van der Waals surface area contributed by atoms with Gasteiger partial charge >= 0.3 is 5.97 Å². The smallest absolute Gasteiger partial charge is 0.357 e. The number of benzene rings is 3. The van der Waals surface area contributed by atoms with E-state index in [-0.39, 0.29) is 18.2 Å². The molecule has 0 aliphatic carbocycles. The number of hydrogen-bond donors (Lipinski definition) is 0. The van der Waals surface area contributed by atoms with Gasteiger partial charge in [-0.1, -0.05) is 66.7 Å². The maximum Gasteiger partial charge on any atom is 0.357 e. The van der Waals surface area contributed by atoms with Crippen LogP contribution in [-0.2, 0) is 16.1 Å². The molecule has 4 aromatic rings. The summed E-state index contributed by atoms with van der Waals surface area (Å²) in [4.78, 5) is 31.5. The molecular weight excluding hydrogens is 388 g/mol. The molecule has 1 heterocycles. The van der Waals surface area contributed by atoms with E-state index < -0.39 is 5.97 Å². The number of anilines is 1. The molecule has 3 aromatic carbocycles. The van der Waals surface area contributed by atoms with Gasteiger partial charge in [0.25, 0.3) is 5.91 Å². The first-order valence-corrected chi connectivity index (χ1v) is 10.0. The Hall–Kier alpha value is -3.99. The second-order valence-electron chi connectivity index (χ2n) is 7.27. The number of rotatable bonds is 6. The summed E-state index contributed by atoms with van der Waals surface area (Å²) in [5, 5.41) is 0.934. The molecule has 1 aromatic heterocycles. The third-order valence-electron chi connectivity index (χ3n) is 4.93. The van der Waals surface area contributed by atoms with Gasteiger partial charge in [-0.2, -0.15) is 0 Å². The Labute approximate surface area is 180 Å². The molecule has 0 bridgehead atoms. The molecule has 0 saturated heterocycles. The zero-order valence-corrected chi connectivity index (χ0v) is 17.2. The van der Waals surface area contributed by atoms with E-state index in [1.54, 1.807) is 11.0 Å². The van der Waals surface area contributed by atoms with Gasteiger partial charge in [-0.15, -0.1) is 0 Å². The molecule has 0 N–H and O–H groups in total. The van der Waals surface area contributed by atoms with Crippen LogP contribution < -0.4 is 4.90 Å². The van der Waals surface area contributed by atoms with E-state index in [0.717, 1.165) is 22.2 Å². The van der Waals surface area contributed by atoms with Crippen LogP contribution in [0.15, 0.2) is 91.0 Å². The van der Waals surface area contributed by atoms with Gasteiger partial charge in [-0.05, 0) is 42.3 Å². The monoisotopic (exact) mass is 410 g/mol. The van der Waals surface area contributed by atoms with Gasteiger partial charge < -0.3 is 9.64 Å². The number of aryl methyl sites for hydroxylation is 1. The van der Waals surface area contributed by atoms with E-state index in [9.17, 15) is 9.59 Å². The number of esters is 1. The summed E-state index contributed by atoms with van der Waals surface area (Å²) in [6, 6.07) is 28.3. The lowest BCUT2D eigenvalue weighted by atomic mass is 10.1. The van der Waals surface area contributed by atoms with E-state index in [1.165, 1.54) is 0 Å². The Bertz CT molecular complexity index is 1220. The zero-order chi connectivity index (χ0) is 21.6. The van der Waals surface area contributed by atoms with Gasteiger partial charge in [0.05, 0.1) is 12.1 Å². The van der Waals surface area contributed by atoms with Crippen LogP contribution in [0.4, 0.5) is 5.69 Å². The topological polar surface area (TPSA) is 59.5 Å². The largest absolute Gasteiger partial charge is 0.451 e. The third-order valence-corrected chi connectivity index (χ3v) is 4.93. The minimum atomic E-state index is -0.622. The molecule has 5 heteroatoms. The number of hydrogen-bond acceptors (Lipinski definition) is 4. The van der Waals surface area contributed by atoms with Crippen molar-refractivity contribution in [3.8, 4) is 0 Å². The molecule has 0 unspecified atom stereocenters. The Morgan fingerprint density at radius 1 is 0.871 bits per heavy atom. The second kappa shape index (κ2) is 9.22. The maximum atomic E-state index is 13.0. The van der Waals surface area contributed by atoms with Crippen LogP contribution >= 0.6 is 0 Å². The van der Waals surface area contributed by atoms with Crippen molar-refractivity contribution in [2.45, 2.75) is 13.5 Å². The number of carbonyl (C=O) groups is 2. The summed E-state index contributed by atoms with van der Waals surface area (Å²) in [6.45, 7) is 1.99. The highest BCUT2D eigenvalue weighted by molar-refractivity contribution is 5.97. The highest BCUT2D eigenvalue weighted by Crippen LogP contribution is 2.19. The average molecular weight is 410 g/mol. The molecule has 0 saturated carbocycles. The Kier molecular flexibility index (Phi) is 6.03. The zero-order valence-electron chi connectivity index (χ0n) is 17.2. The number of nitrogens with zero attached hydrogens (tertiary/aromatic N) is 2. The lowest BCUT2D eigenvalue weighted by Gasteiger charge is -2.23. The number of fused-ring (bicyclic) bond motifs is 1. The van der Waals surface area contributed by atoms with Crippen LogP contribution in [0, 0.1) is 6.92 Å². The Morgan fingerprint density at radius 3 is 2.45 bits per heavy atom. The van der Waals surface area contributed by atoms with Gasteiger partial charge in [-0.3, -0.25) is 4.79 Å². The predicted molar refractivity (Wildman–Crippen MR) is 121 cm³/mol. The minimum Gasteiger partial charge on any atom is -0.451 e. The third kappa shape index (κ3) is 4.95. The minimum absolute atomic E-state index is 0.177. The van der Waals surface area contributed by atoms with Crippen molar-refractivity contribution in [1.29, 1.82) is 0 Å². The van der Waals surface area contributed by atoms with Gasteiger partial charge in [0.15, 0.2) is 6.61 Å². The van der Waals surface area contributed by atoms with E-state index in [0.29, 0.717) is 12.1 Å². The Balaban J connectivity index is 1.50. The highest BCUT2D eigenvalue weighted by Gasteiger charge is 2.19. The van der Waals surface area contributed by atoms with E-state index in [2.05, 4.69) is 4.98 Å². The average Bonchev–Trinajstić information content (AvgIpc) is 2.81. The quantitative estimate of drug-likeness (QED) is 0.423. The van der Waals surface area contributed by atoms with Gasteiger partial charge in [-0.25, -0.2) is 9.78 Å². The first-order chi connectivity index (χ1) is 15.1. The molecule has 31 heavy (non-hydrogen) atoms. The van der Waals surface area contributed by atoms with E-state index in [4.69, 9.17) is 4.74 Å². The van der Waals surface area contributed by atoms with Crippen molar-refractivity contribution in [1.82, 2.24) is 4.98 Å². The van der Waals surface area contributed by atoms with Crippen molar-refractivity contribution in [3.63, 3.8) is 0 Å². The van der Waals surface area contributed by atoms with E-state index >= 15 is 0 Å². The highest BCUT2D eigenvalue weighted by atomic mass is 16.5. The van der Waals surface area contributed by atoms with Gasteiger partial charge in [0.1, 0.15) is 5.69 Å². The molecule has 5 nitrogen and oxygen atoms in total. The van der Waals surface area contributed by atoms with E-state index in [1.807, 2.05) is 91.9 Å². The summed E-state index contributed by atoms with van der Waals surface area (Å²) in [5.41, 5.74) is 3.67. The molecule has 4 rings (SSSR count). The van der Waals surface area contributed by atoms with Crippen LogP contribution in [0.25, 0.3) is 10.9 Å². The SMILES string of the molecule is Cc1cccc(N(Cc2ccccc2)C(=O)COC(=O)c2ccc3ccccc3n2)c1. The molecule has 0 aliphatic rings. The second-order valence-corrected chi connectivity index (χ2v) is 7.27. The summed E-state index contributed by atoms with van der Waals surface area (Å²) >= 11 is 0. The van der Waals surface area contributed by atoms with Crippen molar-refractivity contribution in [2.75, 3.05) is 11.5 Å². The number of para-hydroxylation sites is 1.